The molecule has 0 fully saturated rings. The van der Waals surface area contributed by atoms with Gasteiger partial charge in [0, 0.05) is 40.2 Å². The highest BCUT2D eigenvalue weighted by Gasteiger charge is 2.27. The van der Waals surface area contributed by atoms with Gasteiger partial charge in [0.05, 0.1) is 16.7 Å². The second kappa shape index (κ2) is 14.8. The van der Waals surface area contributed by atoms with E-state index in [0.717, 1.165) is 38.5 Å². The molecule has 8 heteroatoms. The maximum Gasteiger partial charge on any atom is 0.303 e. The van der Waals surface area contributed by atoms with Crippen LogP contribution in [0.3, 0.4) is 0 Å². The summed E-state index contributed by atoms with van der Waals surface area (Å²) >= 11 is 12.0. The van der Waals surface area contributed by atoms with Crippen LogP contribution in [0.25, 0.3) is 0 Å². The van der Waals surface area contributed by atoms with Gasteiger partial charge in [-0.2, -0.15) is 0 Å². The third-order valence-corrected chi connectivity index (χ3v) is 6.79. The van der Waals surface area contributed by atoms with E-state index in [9.17, 15) is 13.8 Å². The Bertz CT molecular complexity index is 684. The third-order valence-electron chi connectivity index (χ3n) is 4.88. The topological polar surface area (TPSA) is 74.7 Å². The fraction of sp³-hybridized carbons (Fsp3) is 0.636. The molecule has 0 heterocycles. The van der Waals surface area contributed by atoms with E-state index in [-0.39, 0.29) is 24.5 Å². The minimum absolute atomic E-state index is 0.0564. The number of carbonyl (C=O) groups excluding carboxylic acids is 1. The number of hydrogen-bond donors (Lipinski definition) is 1. The molecule has 1 aromatic rings. The van der Waals surface area contributed by atoms with Crippen molar-refractivity contribution in [3.63, 3.8) is 0 Å². The molecule has 0 aliphatic carbocycles. The van der Waals surface area contributed by atoms with E-state index in [2.05, 4.69) is 13.8 Å². The standard InChI is InChI=1S/C22H33Cl2NO4S/c1-3-5-7-11-25(12-8-6-4-2)22(28)17(9-10-21(26)27)16-30(29)20-14-18(23)13-19(24)15-20/h13-15,17H,3-12,16H2,1-2H3,(H,26,27). The summed E-state index contributed by atoms with van der Waals surface area (Å²) in [7, 11) is -1.51. The van der Waals surface area contributed by atoms with Crippen LogP contribution in [0.4, 0.5) is 0 Å². The fourth-order valence-corrected chi connectivity index (χ4v) is 5.25. The van der Waals surface area contributed by atoms with E-state index < -0.39 is 22.7 Å². The Morgan fingerprint density at radius 1 is 1.00 bits per heavy atom. The lowest BCUT2D eigenvalue weighted by Crippen LogP contribution is -2.39. The predicted octanol–water partition coefficient (Wildman–Crippen LogP) is 5.79. The molecule has 0 radical (unpaired) electrons. The second-order valence-corrected chi connectivity index (χ2v) is 9.85. The Morgan fingerprint density at radius 3 is 2.00 bits per heavy atom. The lowest BCUT2D eigenvalue weighted by Gasteiger charge is -2.27. The van der Waals surface area contributed by atoms with Crippen LogP contribution >= 0.6 is 23.2 Å². The SMILES string of the molecule is CCCCCN(CCCCC)C(=O)C(CCC(=O)O)CS(=O)c1cc(Cl)cc(Cl)c1. The highest BCUT2D eigenvalue weighted by atomic mass is 35.5. The molecule has 2 unspecified atom stereocenters. The Hall–Kier alpha value is -1.11. The first-order valence-electron chi connectivity index (χ1n) is 10.6. The van der Waals surface area contributed by atoms with Crippen LogP contribution in [0.15, 0.2) is 23.1 Å². The summed E-state index contributed by atoms with van der Waals surface area (Å²) in [6.07, 6.45) is 6.01. The zero-order valence-corrected chi connectivity index (χ0v) is 20.2. The van der Waals surface area contributed by atoms with Crippen molar-refractivity contribution in [1.82, 2.24) is 4.90 Å². The minimum atomic E-state index is -1.51. The molecule has 2 atom stereocenters. The number of carbonyl (C=O) groups is 2. The maximum atomic E-state index is 13.3. The number of carboxylic acid groups (broad SMARTS) is 1. The number of halogens is 2. The molecule has 0 bridgehead atoms. The Labute approximate surface area is 192 Å². The molecule has 30 heavy (non-hydrogen) atoms. The van der Waals surface area contributed by atoms with Crippen LogP contribution in [0.5, 0.6) is 0 Å². The van der Waals surface area contributed by atoms with E-state index in [1.54, 1.807) is 18.2 Å². The summed E-state index contributed by atoms with van der Waals surface area (Å²) in [5, 5.41) is 9.87. The number of unbranched alkanes of at least 4 members (excludes halogenated alkanes) is 4. The molecule has 170 valence electrons. The van der Waals surface area contributed by atoms with E-state index in [4.69, 9.17) is 28.3 Å². The molecular formula is C22H33Cl2NO4S. The van der Waals surface area contributed by atoms with Crippen LogP contribution < -0.4 is 0 Å². The molecule has 1 aromatic carbocycles. The van der Waals surface area contributed by atoms with Gasteiger partial charge in [0.25, 0.3) is 0 Å². The van der Waals surface area contributed by atoms with Gasteiger partial charge in [-0.1, -0.05) is 62.7 Å². The number of benzene rings is 1. The van der Waals surface area contributed by atoms with Gasteiger partial charge in [0.2, 0.25) is 5.91 Å². The lowest BCUT2D eigenvalue weighted by molar-refractivity contribution is -0.138. The smallest absolute Gasteiger partial charge is 0.303 e. The maximum absolute atomic E-state index is 13.3. The summed E-state index contributed by atoms with van der Waals surface area (Å²) in [6.45, 7) is 5.52. The quantitative estimate of drug-likeness (QED) is 0.324. The molecule has 5 nitrogen and oxygen atoms in total. The van der Waals surface area contributed by atoms with Gasteiger partial charge in [-0.3, -0.25) is 13.8 Å². The van der Waals surface area contributed by atoms with Crippen LogP contribution in [-0.4, -0.2) is 44.9 Å². The van der Waals surface area contributed by atoms with Crippen molar-refractivity contribution in [3.8, 4) is 0 Å². The van der Waals surface area contributed by atoms with Crippen LogP contribution in [0.2, 0.25) is 10.0 Å². The van der Waals surface area contributed by atoms with Gasteiger partial charge in [0.15, 0.2) is 0 Å². The van der Waals surface area contributed by atoms with Crippen molar-refractivity contribution < 1.29 is 18.9 Å². The molecule has 0 saturated heterocycles. The van der Waals surface area contributed by atoms with Crippen molar-refractivity contribution in [2.45, 2.75) is 70.1 Å². The Morgan fingerprint density at radius 2 is 1.53 bits per heavy atom. The number of hydrogen-bond acceptors (Lipinski definition) is 3. The van der Waals surface area contributed by atoms with E-state index in [0.29, 0.717) is 28.0 Å². The molecule has 1 N–H and O–H groups in total. The summed E-state index contributed by atoms with van der Waals surface area (Å²) in [5.41, 5.74) is 0. The highest BCUT2D eigenvalue weighted by Crippen LogP contribution is 2.24. The summed E-state index contributed by atoms with van der Waals surface area (Å²) in [6, 6.07) is 4.70. The predicted molar refractivity (Wildman–Crippen MR) is 124 cm³/mol. The fourth-order valence-electron chi connectivity index (χ4n) is 3.21. The number of carboxylic acids is 1. The van der Waals surface area contributed by atoms with Gasteiger partial charge in [-0.15, -0.1) is 0 Å². The molecule has 0 aromatic heterocycles. The van der Waals surface area contributed by atoms with Gasteiger partial charge in [-0.05, 0) is 37.5 Å². The Balaban J connectivity index is 2.98. The van der Waals surface area contributed by atoms with Gasteiger partial charge < -0.3 is 10.0 Å². The first-order chi connectivity index (χ1) is 14.3. The number of amides is 1. The number of nitrogens with zero attached hydrogens (tertiary/aromatic N) is 1. The van der Waals surface area contributed by atoms with Crippen molar-refractivity contribution in [3.05, 3.63) is 28.2 Å². The average molecular weight is 478 g/mol. The number of rotatable bonds is 15. The van der Waals surface area contributed by atoms with Crippen molar-refractivity contribution in [2.24, 2.45) is 5.92 Å². The van der Waals surface area contributed by atoms with Crippen molar-refractivity contribution in [1.29, 1.82) is 0 Å². The first kappa shape index (κ1) is 26.9. The summed E-state index contributed by atoms with van der Waals surface area (Å²) in [4.78, 5) is 26.7. The molecule has 0 aliphatic heterocycles. The van der Waals surface area contributed by atoms with Crippen LogP contribution in [0, 0.1) is 5.92 Å². The molecule has 0 aliphatic rings. The van der Waals surface area contributed by atoms with E-state index in [1.165, 1.54) is 0 Å². The van der Waals surface area contributed by atoms with Gasteiger partial charge in [0.1, 0.15) is 0 Å². The van der Waals surface area contributed by atoms with E-state index >= 15 is 0 Å². The van der Waals surface area contributed by atoms with Crippen LogP contribution in [0.1, 0.15) is 65.2 Å². The first-order valence-corrected chi connectivity index (χ1v) is 12.7. The third kappa shape index (κ3) is 10.3. The minimum Gasteiger partial charge on any atom is -0.481 e. The lowest BCUT2D eigenvalue weighted by atomic mass is 10.0. The van der Waals surface area contributed by atoms with Crippen LogP contribution in [-0.2, 0) is 20.4 Å². The van der Waals surface area contributed by atoms with Crippen molar-refractivity contribution in [2.75, 3.05) is 18.8 Å². The van der Waals surface area contributed by atoms with Crippen molar-refractivity contribution >= 4 is 45.9 Å². The molecule has 0 spiro atoms. The Kier molecular flexibility index (Phi) is 13.3. The number of aliphatic carboxylic acids is 1. The van der Waals surface area contributed by atoms with E-state index in [1.807, 2.05) is 4.90 Å². The van der Waals surface area contributed by atoms with Gasteiger partial charge >= 0.3 is 5.97 Å². The zero-order chi connectivity index (χ0) is 22.5. The monoisotopic (exact) mass is 477 g/mol. The summed E-state index contributed by atoms with van der Waals surface area (Å²) in [5.74, 6) is -1.64. The summed E-state index contributed by atoms with van der Waals surface area (Å²) < 4.78 is 12.9. The largest absolute Gasteiger partial charge is 0.481 e. The molecule has 1 rings (SSSR count). The molecule has 1 amide bonds. The molecule has 0 saturated carbocycles. The molecular weight excluding hydrogens is 445 g/mol. The second-order valence-electron chi connectivity index (χ2n) is 7.49. The van der Waals surface area contributed by atoms with Gasteiger partial charge in [-0.25, -0.2) is 0 Å². The average Bonchev–Trinajstić information content (AvgIpc) is 2.68. The zero-order valence-electron chi connectivity index (χ0n) is 17.9. The normalized spacial score (nSPS) is 13.1. The highest BCUT2D eigenvalue weighted by molar-refractivity contribution is 7.85.